The molecule has 0 aliphatic heterocycles. The summed E-state index contributed by atoms with van der Waals surface area (Å²) in [5, 5.41) is 16.8. The smallest absolute Gasteiger partial charge is 0.148 e. The number of aliphatic hydroxyl groups is 1. The van der Waals surface area contributed by atoms with Crippen molar-refractivity contribution < 1.29 is 9.84 Å². The molecular weight excluding hydrogens is 206 g/mol. The molecule has 16 heavy (non-hydrogen) atoms. The standard InChI is InChI=1S/C11H19N3O2/c1-14-5-4-11(13-14)12-6-10(15)8-16-7-9-2-3-9/h4-5,9-10,15H,2-3,6-8H2,1H3,(H,12,13). The molecule has 90 valence electrons. The summed E-state index contributed by atoms with van der Waals surface area (Å²) in [7, 11) is 1.86. The molecule has 0 aromatic carbocycles. The summed E-state index contributed by atoms with van der Waals surface area (Å²) < 4.78 is 7.12. The highest BCUT2D eigenvalue weighted by molar-refractivity contribution is 5.31. The molecule has 0 saturated heterocycles. The second-order valence-electron chi connectivity index (χ2n) is 4.39. The van der Waals surface area contributed by atoms with Crippen LogP contribution in [0.5, 0.6) is 0 Å². The van der Waals surface area contributed by atoms with Gasteiger partial charge in [-0.05, 0) is 18.8 Å². The Morgan fingerprint density at radius 3 is 3.12 bits per heavy atom. The number of anilines is 1. The van der Waals surface area contributed by atoms with E-state index in [1.807, 2.05) is 19.3 Å². The fourth-order valence-corrected chi connectivity index (χ4v) is 1.45. The van der Waals surface area contributed by atoms with E-state index in [1.165, 1.54) is 12.8 Å². The quantitative estimate of drug-likeness (QED) is 0.714. The van der Waals surface area contributed by atoms with Gasteiger partial charge in [0.2, 0.25) is 0 Å². The molecule has 5 nitrogen and oxygen atoms in total. The van der Waals surface area contributed by atoms with E-state index in [2.05, 4.69) is 10.4 Å². The minimum absolute atomic E-state index is 0.399. The highest BCUT2D eigenvalue weighted by Crippen LogP contribution is 2.28. The Bertz CT molecular complexity index is 323. The average Bonchev–Trinajstić information content (AvgIpc) is 2.98. The summed E-state index contributed by atoms with van der Waals surface area (Å²) >= 11 is 0. The van der Waals surface area contributed by atoms with E-state index in [0.717, 1.165) is 18.3 Å². The third kappa shape index (κ3) is 3.83. The molecule has 1 aliphatic carbocycles. The largest absolute Gasteiger partial charge is 0.389 e. The molecule has 2 N–H and O–H groups in total. The molecule has 5 heteroatoms. The number of aliphatic hydroxyl groups excluding tert-OH is 1. The Kier molecular flexibility index (Phi) is 3.79. The minimum Gasteiger partial charge on any atom is -0.389 e. The highest BCUT2D eigenvalue weighted by atomic mass is 16.5. The van der Waals surface area contributed by atoms with E-state index in [4.69, 9.17) is 4.74 Å². The van der Waals surface area contributed by atoms with Crippen LogP contribution in [0.3, 0.4) is 0 Å². The van der Waals surface area contributed by atoms with Crippen LogP contribution in [0.2, 0.25) is 0 Å². The summed E-state index contributed by atoms with van der Waals surface area (Å²) in [5.74, 6) is 1.53. The second kappa shape index (κ2) is 5.32. The molecule has 0 radical (unpaired) electrons. The first-order valence-corrected chi connectivity index (χ1v) is 5.73. The maximum Gasteiger partial charge on any atom is 0.148 e. The van der Waals surface area contributed by atoms with E-state index in [0.29, 0.717) is 13.2 Å². The van der Waals surface area contributed by atoms with Crippen molar-refractivity contribution >= 4 is 5.82 Å². The van der Waals surface area contributed by atoms with Gasteiger partial charge in [0.25, 0.3) is 0 Å². The molecule has 0 bridgehead atoms. The molecule has 0 spiro atoms. The lowest BCUT2D eigenvalue weighted by Crippen LogP contribution is -2.25. The Morgan fingerprint density at radius 1 is 1.69 bits per heavy atom. The van der Waals surface area contributed by atoms with Crippen molar-refractivity contribution in [2.24, 2.45) is 13.0 Å². The van der Waals surface area contributed by atoms with Crippen molar-refractivity contribution in [2.75, 3.05) is 25.1 Å². The number of rotatable bonds is 7. The van der Waals surface area contributed by atoms with Crippen LogP contribution < -0.4 is 5.32 Å². The fourth-order valence-electron chi connectivity index (χ4n) is 1.45. The van der Waals surface area contributed by atoms with Gasteiger partial charge >= 0.3 is 0 Å². The van der Waals surface area contributed by atoms with E-state index < -0.39 is 6.10 Å². The predicted molar refractivity (Wildman–Crippen MR) is 61.2 cm³/mol. The van der Waals surface area contributed by atoms with Gasteiger partial charge in [-0.15, -0.1) is 0 Å². The molecular formula is C11H19N3O2. The average molecular weight is 225 g/mol. The van der Waals surface area contributed by atoms with Crippen molar-refractivity contribution in [2.45, 2.75) is 18.9 Å². The summed E-state index contributed by atoms with van der Waals surface area (Å²) in [4.78, 5) is 0. The molecule has 1 aromatic heterocycles. The topological polar surface area (TPSA) is 59.3 Å². The van der Waals surface area contributed by atoms with Crippen LogP contribution in [0.15, 0.2) is 12.3 Å². The third-order valence-corrected chi connectivity index (χ3v) is 2.59. The number of ether oxygens (including phenoxy) is 1. The van der Waals surface area contributed by atoms with Crippen molar-refractivity contribution in [3.05, 3.63) is 12.3 Å². The van der Waals surface area contributed by atoms with Crippen molar-refractivity contribution in [3.63, 3.8) is 0 Å². The first-order chi connectivity index (χ1) is 7.74. The van der Waals surface area contributed by atoms with Crippen molar-refractivity contribution in [3.8, 4) is 0 Å². The highest BCUT2D eigenvalue weighted by Gasteiger charge is 2.21. The molecule has 1 aliphatic rings. The molecule has 1 heterocycles. The van der Waals surface area contributed by atoms with E-state index >= 15 is 0 Å². The SMILES string of the molecule is Cn1ccc(NCC(O)COCC2CC2)n1. The van der Waals surface area contributed by atoms with Crippen molar-refractivity contribution in [1.82, 2.24) is 9.78 Å². The van der Waals surface area contributed by atoms with Crippen LogP contribution in [0.25, 0.3) is 0 Å². The molecule has 1 saturated carbocycles. The summed E-state index contributed by atoms with van der Waals surface area (Å²) in [6, 6.07) is 1.87. The van der Waals surface area contributed by atoms with Gasteiger partial charge in [0.15, 0.2) is 0 Å². The van der Waals surface area contributed by atoms with Gasteiger partial charge in [0, 0.05) is 32.5 Å². The Labute approximate surface area is 95.4 Å². The van der Waals surface area contributed by atoms with Crippen LogP contribution in [0.4, 0.5) is 5.82 Å². The van der Waals surface area contributed by atoms with E-state index in [9.17, 15) is 5.11 Å². The Balaban J connectivity index is 1.57. The molecule has 1 atom stereocenters. The van der Waals surface area contributed by atoms with Gasteiger partial charge in [-0.3, -0.25) is 4.68 Å². The summed E-state index contributed by atoms with van der Waals surface area (Å²) in [5.41, 5.74) is 0. The molecule has 1 fully saturated rings. The maximum absolute atomic E-state index is 9.63. The van der Waals surface area contributed by atoms with Crippen LogP contribution in [-0.2, 0) is 11.8 Å². The Morgan fingerprint density at radius 2 is 2.50 bits per heavy atom. The number of aromatic nitrogens is 2. The Hall–Kier alpha value is -1.07. The third-order valence-electron chi connectivity index (χ3n) is 2.59. The molecule has 1 aromatic rings. The van der Waals surface area contributed by atoms with Gasteiger partial charge in [-0.2, -0.15) is 5.10 Å². The molecule has 0 amide bonds. The van der Waals surface area contributed by atoms with E-state index in [1.54, 1.807) is 4.68 Å². The number of aryl methyl sites for hydroxylation is 1. The lowest BCUT2D eigenvalue weighted by atomic mass is 10.3. The normalized spacial score (nSPS) is 17.4. The van der Waals surface area contributed by atoms with Crippen LogP contribution >= 0.6 is 0 Å². The minimum atomic E-state index is -0.472. The zero-order valence-electron chi connectivity index (χ0n) is 9.59. The molecule has 2 rings (SSSR count). The number of nitrogens with zero attached hydrogens (tertiary/aromatic N) is 2. The monoisotopic (exact) mass is 225 g/mol. The lowest BCUT2D eigenvalue weighted by molar-refractivity contribution is 0.0385. The van der Waals surface area contributed by atoms with Gasteiger partial charge in [0.1, 0.15) is 5.82 Å². The number of hydrogen-bond donors (Lipinski definition) is 2. The van der Waals surface area contributed by atoms with Crippen LogP contribution in [-0.4, -0.2) is 40.7 Å². The summed E-state index contributed by atoms with van der Waals surface area (Å²) in [6.45, 7) is 1.67. The van der Waals surface area contributed by atoms with Crippen LogP contribution in [0, 0.1) is 5.92 Å². The molecule has 1 unspecified atom stereocenters. The first-order valence-electron chi connectivity index (χ1n) is 5.73. The van der Waals surface area contributed by atoms with Gasteiger partial charge < -0.3 is 15.2 Å². The first kappa shape index (κ1) is 11.4. The van der Waals surface area contributed by atoms with Gasteiger partial charge in [-0.25, -0.2) is 0 Å². The second-order valence-corrected chi connectivity index (χ2v) is 4.39. The summed E-state index contributed by atoms with van der Waals surface area (Å²) in [6.07, 6.45) is 3.95. The zero-order chi connectivity index (χ0) is 11.4. The maximum atomic E-state index is 9.63. The number of nitrogens with one attached hydrogen (secondary N) is 1. The number of hydrogen-bond acceptors (Lipinski definition) is 4. The lowest BCUT2D eigenvalue weighted by Gasteiger charge is -2.11. The van der Waals surface area contributed by atoms with Gasteiger partial charge in [0.05, 0.1) is 12.7 Å². The zero-order valence-corrected chi connectivity index (χ0v) is 9.59. The van der Waals surface area contributed by atoms with Gasteiger partial charge in [-0.1, -0.05) is 0 Å². The predicted octanol–water partition coefficient (Wildman–Crippen LogP) is 0.619. The van der Waals surface area contributed by atoms with Crippen molar-refractivity contribution in [1.29, 1.82) is 0 Å². The van der Waals surface area contributed by atoms with E-state index in [-0.39, 0.29) is 0 Å². The van der Waals surface area contributed by atoms with Crippen LogP contribution in [0.1, 0.15) is 12.8 Å². The fraction of sp³-hybridized carbons (Fsp3) is 0.727.